The molecule has 0 saturated carbocycles. The molecule has 1 fully saturated rings. The molecule has 0 spiro atoms. The van der Waals surface area contributed by atoms with Crippen LogP contribution in [0.4, 0.5) is 0 Å². The summed E-state index contributed by atoms with van der Waals surface area (Å²) in [4.78, 5) is 13.5. The second-order valence-corrected chi connectivity index (χ2v) is 5.52. The maximum Gasteiger partial charge on any atom is 0.451 e. The largest absolute Gasteiger partial charge is 0.480 e. The molecule has 1 unspecified atom stereocenters. The summed E-state index contributed by atoms with van der Waals surface area (Å²) in [7, 11) is -1.32. The molecule has 0 bridgehead atoms. The van der Waals surface area contributed by atoms with Crippen LogP contribution in [0.1, 0.15) is 38.5 Å². The number of carboxylic acid groups (broad SMARTS) is 1. The van der Waals surface area contributed by atoms with Gasteiger partial charge >= 0.3 is 13.1 Å². The molecular formula is C12H27BCl2N2O4. The van der Waals surface area contributed by atoms with E-state index in [-0.39, 0.29) is 31.1 Å². The molecule has 0 aromatic rings. The van der Waals surface area contributed by atoms with Crippen molar-refractivity contribution in [1.82, 2.24) is 4.90 Å². The molecule has 1 saturated heterocycles. The van der Waals surface area contributed by atoms with Crippen molar-refractivity contribution < 1.29 is 19.9 Å². The highest BCUT2D eigenvalue weighted by Gasteiger charge is 2.35. The fraction of sp³-hybridized carbons (Fsp3) is 0.917. The minimum Gasteiger partial charge on any atom is -0.480 e. The highest BCUT2D eigenvalue weighted by Crippen LogP contribution is 2.18. The average Bonchev–Trinajstić information content (AvgIpc) is 2.35. The second-order valence-electron chi connectivity index (χ2n) is 5.52. The van der Waals surface area contributed by atoms with Gasteiger partial charge < -0.3 is 25.8 Å². The van der Waals surface area contributed by atoms with Crippen molar-refractivity contribution in [3.8, 4) is 0 Å². The number of carboxylic acids is 1. The quantitative estimate of drug-likeness (QED) is 0.382. The lowest BCUT2D eigenvalue weighted by atomic mass is 9.82. The molecule has 1 rings (SSSR count). The van der Waals surface area contributed by atoms with Crippen molar-refractivity contribution in [2.45, 2.75) is 50.4 Å². The van der Waals surface area contributed by atoms with E-state index in [0.717, 1.165) is 25.9 Å². The molecule has 0 amide bonds. The first-order valence-electron chi connectivity index (χ1n) is 7.05. The number of aliphatic carboxylic acids is 1. The predicted molar refractivity (Wildman–Crippen MR) is 88.2 cm³/mol. The summed E-state index contributed by atoms with van der Waals surface area (Å²) >= 11 is 0. The van der Waals surface area contributed by atoms with Gasteiger partial charge in [0.05, 0.1) is 0 Å². The smallest absolute Gasteiger partial charge is 0.451 e. The first-order chi connectivity index (χ1) is 8.94. The van der Waals surface area contributed by atoms with Gasteiger partial charge in [0.25, 0.3) is 0 Å². The van der Waals surface area contributed by atoms with Crippen LogP contribution < -0.4 is 5.73 Å². The first-order valence-corrected chi connectivity index (χ1v) is 7.05. The molecule has 1 aliphatic rings. The third-order valence-electron chi connectivity index (χ3n) is 3.72. The summed E-state index contributed by atoms with van der Waals surface area (Å²) in [5.74, 6) is -0.970. The van der Waals surface area contributed by atoms with Gasteiger partial charge in [-0.05, 0) is 38.7 Å². The summed E-state index contributed by atoms with van der Waals surface area (Å²) in [6, 6.07) is 0. The summed E-state index contributed by atoms with van der Waals surface area (Å²) in [6.45, 7) is 2.22. The van der Waals surface area contributed by atoms with E-state index in [0.29, 0.717) is 25.8 Å². The molecule has 1 heterocycles. The molecule has 1 atom stereocenters. The van der Waals surface area contributed by atoms with Crippen molar-refractivity contribution in [2.75, 3.05) is 19.6 Å². The van der Waals surface area contributed by atoms with Crippen LogP contribution in [0.2, 0.25) is 6.32 Å². The van der Waals surface area contributed by atoms with Gasteiger partial charge in [-0.2, -0.15) is 0 Å². The predicted octanol–water partition coefficient (Wildman–Crippen LogP) is 0.741. The van der Waals surface area contributed by atoms with Gasteiger partial charge in [0.1, 0.15) is 5.54 Å². The van der Waals surface area contributed by atoms with Gasteiger partial charge in [0.15, 0.2) is 0 Å². The van der Waals surface area contributed by atoms with Gasteiger partial charge in [-0.15, -0.1) is 24.8 Å². The Morgan fingerprint density at radius 3 is 2.19 bits per heavy atom. The van der Waals surface area contributed by atoms with Gasteiger partial charge in [0.2, 0.25) is 0 Å². The summed E-state index contributed by atoms with van der Waals surface area (Å²) in [5, 5.41) is 26.8. The lowest BCUT2D eigenvalue weighted by Crippen LogP contribution is -2.56. The lowest BCUT2D eigenvalue weighted by molar-refractivity contribution is -0.144. The van der Waals surface area contributed by atoms with Crippen LogP contribution in [-0.4, -0.2) is 58.3 Å². The molecule has 6 nitrogen and oxygen atoms in total. The number of likely N-dealkylation sites (tertiary alicyclic amines) is 1. The molecule has 5 N–H and O–H groups in total. The Bertz CT molecular complexity index is 294. The van der Waals surface area contributed by atoms with E-state index in [4.69, 9.17) is 15.8 Å². The Morgan fingerprint density at radius 1 is 1.14 bits per heavy atom. The van der Waals surface area contributed by atoms with Gasteiger partial charge in [-0.3, -0.25) is 4.79 Å². The van der Waals surface area contributed by atoms with Crippen molar-refractivity contribution in [3.63, 3.8) is 0 Å². The SMILES string of the molecule is Cl.Cl.NC(CCCCB(O)O)(CN1CCCCC1)C(=O)O. The average molecular weight is 345 g/mol. The molecule has 0 aromatic heterocycles. The van der Waals surface area contributed by atoms with Crippen LogP contribution in [0.3, 0.4) is 0 Å². The van der Waals surface area contributed by atoms with Gasteiger partial charge in [0, 0.05) is 6.54 Å². The Kier molecular flexibility index (Phi) is 12.7. The molecule has 126 valence electrons. The molecule has 0 aromatic carbocycles. The summed E-state index contributed by atoms with van der Waals surface area (Å²) < 4.78 is 0. The van der Waals surface area contributed by atoms with Crippen molar-refractivity contribution in [2.24, 2.45) is 5.73 Å². The molecule has 0 radical (unpaired) electrons. The van der Waals surface area contributed by atoms with Crippen molar-refractivity contribution in [1.29, 1.82) is 0 Å². The fourth-order valence-electron chi connectivity index (χ4n) is 2.54. The monoisotopic (exact) mass is 344 g/mol. The fourth-order valence-corrected chi connectivity index (χ4v) is 2.54. The Morgan fingerprint density at radius 2 is 1.71 bits per heavy atom. The van der Waals surface area contributed by atoms with Crippen molar-refractivity contribution >= 4 is 37.9 Å². The normalized spacial score (nSPS) is 18.0. The number of unbranched alkanes of at least 4 members (excludes halogenated alkanes) is 1. The Hall–Kier alpha value is -0.0451. The van der Waals surface area contributed by atoms with Crippen LogP contribution in [0, 0.1) is 0 Å². The van der Waals surface area contributed by atoms with Gasteiger partial charge in [-0.25, -0.2) is 0 Å². The lowest BCUT2D eigenvalue weighted by Gasteiger charge is -2.34. The number of hydrogen-bond acceptors (Lipinski definition) is 5. The topological polar surface area (TPSA) is 107 Å². The number of rotatable bonds is 8. The molecule has 0 aliphatic carbocycles. The minimum atomic E-state index is -1.32. The highest BCUT2D eigenvalue weighted by atomic mass is 35.5. The van der Waals surface area contributed by atoms with Crippen LogP contribution in [-0.2, 0) is 4.79 Å². The number of nitrogens with two attached hydrogens (primary N) is 1. The van der Waals surface area contributed by atoms with E-state index in [2.05, 4.69) is 4.90 Å². The number of nitrogens with zero attached hydrogens (tertiary/aromatic N) is 1. The number of halogens is 2. The van der Waals surface area contributed by atoms with Crippen LogP contribution in [0.5, 0.6) is 0 Å². The second kappa shape index (κ2) is 11.5. The van der Waals surface area contributed by atoms with E-state index in [1.807, 2.05) is 0 Å². The molecular weight excluding hydrogens is 318 g/mol. The maximum atomic E-state index is 11.4. The standard InChI is InChI=1S/C12H25BN2O4.2ClH/c14-12(11(16)17,6-2-3-7-13(18)19)10-15-8-4-1-5-9-15;;/h18-19H,1-10,14H2,(H,16,17);2*1H. The molecule has 9 heteroatoms. The van der Waals surface area contributed by atoms with Crippen LogP contribution >= 0.6 is 24.8 Å². The number of hydrogen-bond donors (Lipinski definition) is 4. The third-order valence-corrected chi connectivity index (χ3v) is 3.72. The van der Waals surface area contributed by atoms with Crippen molar-refractivity contribution in [3.05, 3.63) is 0 Å². The Labute approximate surface area is 139 Å². The van der Waals surface area contributed by atoms with Crippen LogP contribution in [0.25, 0.3) is 0 Å². The van der Waals surface area contributed by atoms with Crippen LogP contribution in [0.15, 0.2) is 0 Å². The maximum absolute atomic E-state index is 11.4. The Balaban J connectivity index is 0. The van der Waals surface area contributed by atoms with Gasteiger partial charge in [-0.1, -0.05) is 19.3 Å². The number of piperidine rings is 1. The zero-order valence-corrected chi connectivity index (χ0v) is 13.9. The van der Waals surface area contributed by atoms with E-state index >= 15 is 0 Å². The van der Waals surface area contributed by atoms with E-state index in [9.17, 15) is 9.90 Å². The van der Waals surface area contributed by atoms with E-state index in [1.165, 1.54) is 6.42 Å². The van der Waals surface area contributed by atoms with E-state index in [1.54, 1.807) is 0 Å². The molecule has 1 aliphatic heterocycles. The highest BCUT2D eigenvalue weighted by molar-refractivity contribution is 6.40. The minimum absolute atomic E-state index is 0. The third kappa shape index (κ3) is 8.85. The zero-order valence-electron chi connectivity index (χ0n) is 12.2. The van der Waals surface area contributed by atoms with E-state index < -0.39 is 18.6 Å². The summed E-state index contributed by atoms with van der Waals surface area (Å²) in [5.41, 5.74) is 4.80. The summed E-state index contributed by atoms with van der Waals surface area (Å²) in [6.07, 6.45) is 5.21. The zero-order chi connectivity index (χ0) is 14.3. The number of carbonyl (C=O) groups is 1. The molecule has 21 heavy (non-hydrogen) atoms. The first kappa shape index (κ1) is 23.2.